The number of rotatable bonds is 3. The van der Waals surface area contributed by atoms with Crippen molar-refractivity contribution in [3.63, 3.8) is 0 Å². The fourth-order valence-corrected chi connectivity index (χ4v) is 3.47. The Morgan fingerprint density at radius 1 is 0.833 bits per heavy atom. The number of alkyl halides is 1. The van der Waals surface area contributed by atoms with Gasteiger partial charge in [-0.05, 0) is 22.4 Å². The second-order valence-electron chi connectivity index (χ2n) is 5.71. The number of hydrogen-bond acceptors (Lipinski definition) is 2. The molecule has 0 atom stereocenters. The summed E-state index contributed by atoms with van der Waals surface area (Å²) in [5.74, 6) is -0.301. The molecule has 1 heterocycles. The lowest BCUT2D eigenvalue weighted by molar-refractivity contribution is 0.0664. The summed E-state index contributed by atoms with van der Waals surface area (Å²) in [4.78, 5) is 26.8. The Morgan fingerprint density at radius 2 is 1.54 bits per heavy atom. The summed E-state index contributed by atoms with van der Waals surface area (Å²) in [5, 5.41) is 1.92. The first kappa shape index (κ1) is 14.9. The average molecular weight is 336 g/mol. The fraction of sp³-hybridized carbons (Fsp3) is 0.100. The van der Waals surface area contributed by atoms with Crippen LogP contribution < -0.4 is 0 Å². The van der Waals surface area contributed by atoms with E-state index in [0.717, 1.165) is 21.9 Å². The maximum atomic E-state index is 12.9. The van der Waals surface area contributed by atoms with E-state index in [0.29, 0.717) is 11.1 Å². The Hall–Kier alpha value is -2.65. The Kier molecular flexibility index (Phi) is 3.58. The minimum absolute atomic E-state index is 0.221. The van der Waals surface area contributed by atoms with Gasteiger partial charge >= 0.3 is 0 Å². The van der Waals surface area contributed by atoms with Crippen molar-refractivity contribution in [2.24, 2.45) is 0 Å². The highest BCUT2D eigenvalue weighted by Crippen LogP contribution is 2.38. The lowest BCUT2D eigenvalue weighted by Gasteiger charge is -2.12. The molecule has 0 unspecified atom stereocenters. The largest absolute Gasteiger partial charge is 0.273 e. The van der Waals surface area contributed by atoms with Gasteiger partial charge in [-0.2, -0.15) is 0 Å². The number of nitrogens with zero attached hydrogens (tertiary/aromatic N) is 1. The third kappa shape index (κ3) is 2.13. The predicted molar refractivity (Wildman–Crippen MR) is 95.5 cm³/mol. The molecule has 1 aliphatic heterocycles. The third-order valence-electron chi connectivity index (χ3n) is 4.35. The van der Waals surface area contributed by atoms with E-state index in [-0.39, 0.29) is 24.2 Å². The van der Waals surface area contributed by atoms with Crippen LogP contribution in [0.5, 0.6) is 0 Å². The molecular formula is C20H14ClNO2. The van der Waals surface area contributed by atoms with Gasteiger partial charge in [0.25, 0.3) is 11.8 Å². The molecular weight excluding hydrogens is 322 g/mol. The van der Waals surface area contributed by atoms with Crippen LogP contribution in [-0.2, 0) is 0 Å². The van der Waals surface area contributed by atoms with Crippen molar-refractivity contribution in [1.82, 2.24) is 4.90 Å². The highest BCUT2D eigenvalue weighted by Gasteiger charge is 2.38. The number of amides is 2. The molecule has 4 rings (SSSR count). The van der Waals surface area contributed by atoms with Crippen LogP contribution in [0.1, 0.15) is 20.7 Å². The van der Waals surface area contributed by atoms with Gasteiger partial charge in [-0.25, -0.2) is 0 Å². The van der Waals surface area contributed by atoms with E-state index in [1.54, 1.807) is 0 Å². The number of benzene rings is 3. The second-order valence-corrected chi connectivity index (χ2v) is 6.09. The van der Waals surface area contributed by atoms with Crippen molar-refractivity contribution in [3.8, 4) is 11.1 Å². The molecule has 0 aromatic heterocycles. The molecule has 1 aliphatic rings. The van der Waals surface area contributed by atoms with Crippen LogP contribution in [0, 0.1) is 0 Å². The van der Waals surface area contributed by atoms with Crippen LogP contribution in [-0.4, -0.2) is 29.1 Å². The molecule has 0 fully saturated rings. The average Bonchev–Trinajstić information content (AvgIpc) is 2.86. The molecule has 118 valence electrons. The van der Waals surface area contributed by atoms with Gasteiger partial charge < -0.3 is 0 Å². The molecule has 24 heavy (non-hydrogen) atoms. The Balaban J connectivity index is 2.08. The number of carbonyl (C=O) groups excluding carboxylic acids is 2. The van der Waals surface area contributed by atoms with Crippen LogP contribution in [0.4, 0.5) is 0 Å². The van der Waals surface area contributed by atoms with Gasteiger partial charge in [-0.3, -0.25) is 14.5 Å². The summed E-state index contributed by atoms with van der Waals surface area (Å²) in [7, 11) is 0. The van der Waals surface area contributed by atoms with Crippen LogP contribution >= 0.6 is 11.6 Å². The summed E-state index contributed by atoms with van der Waals surface area (Å²) < 4.78 is 0. The Labute approximate surface area is 144 Å². The van der Waals surface area contributed by atoms with Crippen LogP contribution in [0.2, 0.25) is 0 Å². The zero-order chi connectivity index (χ0) is 16.7. The van der Waals surface area contributed by atoms with Gasteiger partial charge in [-0.1, -0.05) is 54.6 Å². The first-order valence-corrected chi connectivity index (χ1v) is 8.29. The van der Waals surface area contributed by atoms with Crippen molar-refractivity contribution in [1.29, 1.82) is 0 Å². The van der Waals surface area contributed by atoms with Gasteiger partial charge in [0.05, 0.1) is 11.1 Å². The monoisotopic (exact) mass is 335 g/mol. The molecule has 0 N–H and O–H groups in total. The highest BCUT2D eigenvalue weighted by molar-refractivity contribution is 6.27. The van der Waals surface area contributed by atoms with E-state index < -0.39 is 0 Å². The molecule has 0 saturated carbocycles. The molecule has 2 amide bonds. The summed E-state index contributed by atoms with van der Waals surface area (Å²) in [5.41, 5.74) is 2.69. The van der Waals surface area contributed by atoms with E-state index in [9.17, 15) is 9.59 Å². The molecule has 3 aromatic carbocycles. The van der Waals surface area contributed by atoms with E-state index >= 15 is 0 Å². The van der Waals surface area contributed by atoms with Gasteiger partial charge in [0.2, 0.25) is 0 Å². The molecule has 3 aromatic rings. The van der Waals surface area contributed by atoms with Crippen molar-refractivity contribution in [2.75, 3.05) is 12.4 Å². The van der Waals surface area contributed by atoms with Gasteiger partial charge in [-0.15, -0.1) is 11.6 Å². The molecule has 0 spiro atoms. The lowest BCUT2D eigenvalue weighted by atomic mass is 9.90. The standard InChI is InChI=1S/C20H14ClNO2/c21-10-11-22-19(23)16-12-14-8-4-5-9-15(14)17(18(16)20(22)24)13-6-2-1-3-7-13/h1-9,12H,10-11H2. The molecule has 3 nitrogen and oxygen atoms in total. The first-order chi connectivity index (χ1) is 11.7. The van der Waals surface area contributed by atoms with Crippen LogP contribution in [0.15, 0.2) is 60.7 Å². The number of hydrogen-bond donors (Lipinski definition) is 0. The highest BCUT2D eigenvalue weighted by atomic mass is 35.5. The van der Waals surface area contributed by atoms with Crippen LogP contribution in [0.25, 0.3) is 21.9 Å². The number of imide groups is 1. The maximum Gasteiger partial charge on any atom is 0.262 e. The van der Waals surface area contributed by atoms with Crippen molar-refractivity contribution in [2.45, 2.75) is 0 Å². The van der Waals surface area contributed by atoms with Crippen molar-refractivity contribution in [3.05, 3.63) is 71.8 Å². The molecule has 0 radical (unpaired) electrons. The quantitative estimate of drug-likeness (QED) is 0.527. The van der Waals surface area contributed by atoms with Gasteiger partial charge in [0.15, 0.2) is 0 Å². The predicted octanol–water partition coefficient (Wildman–Crippen LogP) is 4.34. The minimum atomic E-state index is -0.265. The summed E-state index contributed by atoms with van der Waals surface area (Å²) in [6.45, 7) is 0.221. The van der Waals surface area contributed by atoms with Crippen molar-refractivity contribution >= 4 is 34.2 Å². The van der Waals surface area contributed by atoms with E-state index in [4.69, 9.17) is 11.6 Å². The zero-order valence-electron chi connectivity index (χ0n) is 12.8. The topological polar surface area (TPSA) is 37.4 Å². The number of halogens is 1. The molecule has 0 bridgehead atoms. The smallest absolute Gasteiger partial charge is 0.262 e. The third-order valence-corrected chi connectivity index (χ3v) is 4.52. The van der Waals surface area contributed by atoms with E-state index in [1.165, 1.54) is 4.90 Å². The Bertz CT molecular complexity index is 966. The van der Waals surface area contributed by atoms with Crippen LogP contribution in [0.3, 0.4) is 0 Å². The molecule has 0 saturated heterocycles. The number of fused-ring (bicyclic) bond motifs is 2. The van der Waals surface area contributed by atoms with Crippen molar-refractivity contribution < 1.29 is 9.59 Å². The summed E-state index contributed by atoms with van der Waals surface area (Å²) in [6, 6.07) is 19.4. The summed E-state index contributed by atoms with van der Waals surface area (Å²) in [6.07, 6.45) is 0. The van der Waals surface area contributed by atoms with Gasteiger partial charge in [0.1, 0.15) is 0 Å². The van der Waals surface area contributed by atoms with Gasteiger partial charge in [0, 0.05) is 18.0 Å². The summed E-state index contributed by atoms with van der Waals surface area (Å²) >= 11 is 5.77. The maximum absolute atomic E-state index is 12.9. The molecule has 0 aliphatic carbocycles. The first-order valence-electron chi connectivity index (χ1n) is 7.75. The lowest BCUT2D eigenvalue weighted by Crippen LogP contribution is -2.31. The molecule has 4 heteroatoms. The normalized spacial score (nSPS) is 13.6. The minimum Gasteiger partial charge on any atom is -0.273 e. The Morgan fingerprint density at radius 3 is 2.29 bits per heavy atom. The fourth-order valence-electron chi connectivity index (χ4n) is 3.30. The number of carbonyl (C=O) groups is 2. The van der Waals surface area contributed by atoms with E-state index in [2.05, 4.69) is 0 Å². The second kappa shape index (κ2) is 5.77. The zero-order valence-corrected chi connectivity index (χ0v) is 13.6. The SMILES string of the molecule is O=C1c2cc3ccccc3c(-c3ccccc3)c2C(=O)N1CCCl. The van der Waals surface area contributed by atoms with E-state index in [1.807, 2.05) is 60.7 Å².